The van der Waals surface area contributed by atoms with Gasteiger partial charge in [-0.05, 0) is 49.9 Å². The highest BCUT2D eigenvalue weighted by atomic mass is 16.5. The predicted molar refractivity (Wildman–Crippen MR) is 68.2 cm³/mol. The molecule has 16 heavy (non-hydrogen) atoms. The second kappa shape index (κ2) is 4.88. The maximum atomic E-state index is 5.39. The topological polar surface area (TPSA) is 12.5 Å². The van der Waals surface area contributed by atoms with Gasteiger partial charge in [0.25, 0.3) is 0 Å². The molecule has 0 atom stereocenters. The lowest BCUT2D eigenvalue weighted by atomic mass is 10.0. The first-order valence-electron chi connectivity index (χ1n) is 6.05. The van der Waals surface area contributed by atoms with E-state index in [4.69, 9.17) is 4.74 Å². The molecule has 1 heterocycles. The van der Waals surface area contributed by atoms with Gasteiger partial charge in [-0.3, -0.25) is 0 Å². The molecule has 0 unspecified atom stereocenters. The molecular weight excluding hydrogens is 198 g/mol. The fraction of sp³-hybridized carbons (Fsp3) is 0.571. The Labute approximate surface area is 98.2 Å². The average molecular weight is 219 g/mol. The summed E-state index contributed by atoms with van der Waals surface area (Å²) in [5.41, 5.74) is 4.11. The van der Waals surface area contributed by atoms with Crippen molar-refractivity contribution >= 4 is 5.69 Å². The van der Waals surface area contributed by atoms with Crippen LogP contribution in [0.2, 0.25) is 0 Å². The Kier molecular flexibility index (Phi) is 3.49. The van der Waals surface area contributed by atoms with Crippen LogP contribution in [-0.4, -0.2) is 26.3 Å². The van der Waals surface area contributed by atoms with Gasteiger partial charge in [0.15, 0.2) is 0 Å². The van der Waals surface area contributed by atoms with Gasteiger partial charge in [0, 0.05) is 25.9 Å². The largest absolute Gasteiger partial charge is 0.381 e. The predicted octanol–water partition coefficient (Wildman–Crippen LogP) is 2.92. The molecule has 88 valence electrons. The standard InChI is InChI=1S/C14H21NO/c1-11-4-5-13(10-12(11)2)15-8-6-14(16-3)7-9-15/h4-5,10,14H,6-9H2,1-3H3. The Balaban J connectivity index is 2.05. The Bertz CT molecular complexity index is 354. The van der Waals surface area contributed by atoms with Crippen LogP contribution >= 0.6 is 0 Å². The van der Waals surface area contributed by atoms with Crippen molar-refractivity contribution in [2.75, 3.05) is 25.1 Å². The Morgan fingerprint density at radius 1 is 1.12 bits per heavy atom. The van der Waals surface area contributed by atoms with E-state index >= 15 is 0 Å². The molecule has 0 saturated carbocycles. The third-order valence-corrected chi connectivity index (χ3v) is 3.63. The monoisotopic (exact) mass is 219 g/mol. The van der Waals surface area contributed by atoms with Crippen LogP contribution in [0.25, 0.3) is 0 Å². The van der Waals surface area contributed by atoms with Crippen LogP contribution in [0.3, 0.4) is 0 Å². The lowest BCUT2D eigenvalue weighted by Crippen LogP contribution is -2.36. The summed E-state index contributed by atoms with van der Waals surface area (Å²) in [6.07, 6.45) is 2.75. The third kappa shape index (κ3) is 2.38. The number of benzene rings is 1. The number of rotatable bonds is 2. The van der Waals surface area contributed by atoms with Crippen molar-refractivity contribution in [3.8, 4) is 0 Å². The summed E-state index contributed by atoms with van der Waals surface area (Å²) in [6.45, 7) is 6.57. The molecule has 1 aliphatic rings. The first-order chi connectivity index (χ1) is 7.70. The van der Waals surface area contributed by atoms with Crippen molar-refractivity contribution in [1.29, 1.82) is 0 Å². The number of ether oxygens (including phenoxy) is 1. The fourth-order valence-electron chi connectivity index (χ4n) is 2.27. The van der Waals surface area contributed by atoms with Crippen LogP contribution in [0, 0.1) is 13.8 Å². The lowest BCUT2D eigenvalue weighted by Gasteiger charge is -2.33. The van der Waals surface area contributed by atoms with Gasteiger partial charge >= 0.3 is 0 Å². The summed E-state index contributed by atoms with van der Waals surface area (Å²) in [4.78, 5) is 2.46. The first kappa shape index (κ1) is 11.5. The highest BCUT2D eigenvalue weighted by Gasteiger charge is 2.18. The minimum Gasteiger partial charge on any atom is -0.381 e. The molecule has 0 aromatic heterocycles. The molecule has 1 aliphatic heterocycles. The fourth-order valence-corrected chi connectivity index (χ4v) is 2.27. The van der Waals surface area contributed by atoms with Crippen LogP contribution < -0.4 is 4.90 Å². The summed E-state index contributed by atoms with van der Waals surface area (Å²) in [7, 11) is 1.82. The maximum Gasteiger partial charge on any atom is 0.0605 e. The zero-order chi connectivity index (χ0) is 11.5. The average Bonchev–Trinajstić information content (AvgIpc) is 2.33. The van der Waals surface area contributed by atoms with E-state index in [1.54, 1.807) is 0 Å². The van der Waals surface area contributed by atoms with Crippen LogP contribution in [0.4, 0.5) is 5.69 Å². The lowest BCUT2D eigenvalue weighted by molar-refractivity contribution is 0.0819. The molecule has 0 N–H and O–H groups in total. The molecule has 1 aromatic carbocycles. The molecule has 0 radical (unpaired) electrons. The quantitative estimate of drug-likeness (QED) is 0.758. The van der Waals surface area contributed by atoms with Crippen molar-refractivity contribution in [2.24, 2.45) is 0 Å². The number of anilines is 1. The second-order valence-corrected chi connectivity index (χ2v) is 4.69. The van der Waals surface area contributed by atoms with Crippen molar-refractivity contribution in [3.05, 3.63) is 29.3 Å². The molecule has 2 nitrogen and oxygen atoms in total. The van der Waals surface area contributed by atoms with Gasteiger partial charge < -0.3 is 9.64 Å². The Hall–Kier alpha value is -1.02. The number of nitrogens with zero attached hydrogens (tertiary/aromatic N) is 1. The van der Waals surface area contributed by atoms with Crippen LogP contribution in [-0.2, 0) is 4.74 Å². The number of aryl methyl sites for hydroxylation is 2. The highest BCUT2D eigenvalue weighted by Crippen LogP contribution is 2.23. The molecule has 0 spiro atoms. The first-order valence-corrected chi connectivity index (χ1v) is 6.05. The zero-order valence-electron chi connectivity index (χ0n) is 10.5. The second-order valence-electron chi connectivity index (χ2n) is 4.69. The van der Waals surface area contributed by atoms with Gasteiger partial charge in [0.1, 0.15) is 0 Å². The van der Waals surface area contributed by atoms with Gasteiger partial charge in [0.05, 0.1) is 6.10 Å². The molecule has 2 heteroatoms. The molecule has 1 fully saturated rings. The van der Waals surface area contributed by atoms with E-state index < -0.39 is 0 Å². The third-order valence-electron chi connectivity index (χ3n) is 3.63. The summed E-state index contributed by atoms with van der Waals surface area (Å²) < 4.78 is 5.39. The van der Waals surface area contributed by atoms with E-state index in [0.29, 0.717) is 6.10 Å². The van der Waals surface area contributed by atoms with Crippen molar-refractivity contribution in [3.63, 3.8) is 0 Å². The van der Waals surface area contributed by atoms with E-state index in [0.717, 1.165) is 25.9 Å². The van der Waals surface area contributed by atoms with Gasteiger partial charge in [0.2, 0.25) is 0 Å². The van der Waals surface area contributed by atoms with Gasteiger partial charge in [-0.1, -0.05) is 6.07 Å². The molecule has 1 aromatic rings. The molecule has 1 saturated heterocycles. The SMILES string of the molecule is COC1CCN(c2ccc(C)c(C)c2)CC1. The summed E-state index contributed by atoms with van der Waals surface area (Å²) in [5.74, 6) is 0. The van der Waals surface area contributed by atoms with Crippen LogP contribution in [0.5, 0.6) is 0 Å². The molecular formula is C14H21NO. The van der Waals surface area contributed by atoms with Crippen molar-refractivity contribution in [1.82, 2.24) is 0 Å². The summed E-state index contributed by atoms with van der Waals surface area (Å²) in [5, 5.41) is 0. The number of hydrogen-bond acceptors (Lipinski definition) is 2. The van der Waals surface area contributed by atoms with Crippen LogP contribution in [0.1, 0.15) is 24.0 Å². The molecule has 2 rings (SSSR count). The van der Waals surface area contributed by atoms with Gasteiger partial charge in [-0.15, -0.1) is 0 Å². The Morgan fingerprint density at radius 3 is 2.38 bits per heavy atom. The van der Waals surface area contributed by atoms with Crippen molar-refractivity contribution < 1.29 is 4.74 Å². The maximum absolute atomic E-state index is 5.39. The summed E-state index contributed by atoms with van der Waals surface area (Å²) in [6, 6.07) is 6.74. The van der Waals surface area contributed by atoms with Gasteiger partial charge in [-0.25, -0.2) is 0 Å². The van der Waals surface area contributed by atoms with E-state index in [1.807, 2.05) is 7.11 Å². The number of piperidine rings is 1. The van der Waals surface area contributed by atoms with Crippen molar-refractivity contribution in [2.45, 2.75) is 32.8 Å². The Morgan fingerprint density at radius 2 is 1.81 bits per heavy atom. The van der Waals surface area contributed by atoms with E-state index in [1.165, 1.54) is 16.8 Å². The zero-order valence-corrected chi connectivity index (χ0v) is 10.5. The number of hydrogen-bond donors (Lipinski definition) is 0. The molecule has 0 amide bonds. The summed E-state index contributed by atoms with van der Waals surface area (Å²) >= 11 is 0. The number of methoxy groups -OCH3 is 1. The normalized spacial score (nSPS) is 17.8. The minimum atomic E-state index is 0.461. The molecule has 0 bridgehead atoms. The minimum absolute atomic E-state index is 0.461. The van der Waals surface area contributed by atoms with E-state index in [9.17, 15) is 0 Å². The van der Waals surface area contributed by atoms with E-state index in [2.05, 4.69) is 36.9 Å². The van der Waals surface area contributed by atoms with Crippen LogP contribution in [0.15, 0.2) is 18.2 Å². The highest BCUT2D eigenvalue weighted by molar-refractivity contribution is 5.50. The van der Waals surface area contributed by atoms with Gasteiger partial charge in [-0.2, -0.15) is 0 Å². The smallest absolute Gasteiger partial charge is 0.0605 e. The molecule has 0 aliphatic carbocycles. The van der Waals surface area contributed by atoms with E-state index in [-0.39, 0.29) is 0 Å².